The Bertz CT molecular complexity index is 848. The number of benzene rings is 1. The highest BCUT2D eigenvalue weighted by atomic mass is 35.5. The van der Waals surface area contributed by atoms with Gasteiger partial charge < -0.3 is 18.8 Å². The van der Waals surface area contributed by atoms with Crippen molar-refractivity contribution in [3.8, 4) is 5.75 Å². The van der Waals surface area contributed by atoms with Gasteiger partial charge in [-0.1, -0.05) is 29.8 Å². The van der Waals surface area contributed by atoms with Crippen LogP contribution in [-0.4, -0.2) is 38.0 Å². The van der Waals surface area contributed by atoms with Crippen LogP contribution in [0.3, 0.4) is 0 Å². The molecular weight excluding hydrogens is 399 g/mol. The Kier molecular flexibility index (Phi) is 6.10. The molecule has 0 bridgehead atoms. The molecule has 1 aliphatic heterocycles. The Morgan fingerprint density at radius 2 is 1.82 bits per heavy atom. The summed E-state index contributed by atoms with van der Waals surface area (Å²) in [5.74, 6) is 0.0223. The highest BCUT2D eigenvalue weighted by Crippen LogP contribution is 2.38. The lowest BCUT2D eigenvalue weighted by Crippen LogP contribution is -2.41. The van der Waals surface area contributed by atoms with E-state index in [-0.39, 0.29) is 0 Å². The molecule has 0 atom stereocenters. The third kappa shape index (κ3) is 4.22. The topological polar surface area (TPSA) is 54.0 Å². The third-order valence-corrected chi connectivity index (χ3v) is 6.65. The van der Waals surface area contributed by atoms with E-state index in [9.17, 15) is 4.79 Å². The van der Waals surface area contributed by atoms with Gasteiger partial charge in [0.05, 0.1) is 24.9 Å². The number of ether oxygens (including phenoxy) is 2. The Hall–Kier alpha value is -1.54. The molecule has 2 heterocycles. The zero-order valence-electron chi connectivity index (χ0n) is 16.7. The zero-order valence-corrected chi connectivity index (χ0v) is 18.3. The smallest absolute Gasteiger partial charge is 0.491 e. The average Bonchev–Trinajstić information content (AvgIpc) is 3.14. The van der Waals surface area contributed by atoms with Gasteiger partial charge in [-0.3, -0.25) is 0 Å². The molecule has 0 spiro atoms. The van der Waals surface area contributed by atoms with Crippen molar-refractivity contribution in [2.45, 2.75) is 45.3 Å². The van der Waals surface area contributed by atoms with Gasteiger partial charge >= 0.3 is 13.1 Å². The molecule has 0 aliphatic carbocycles. The van der Waals surface area contributed by atoms with E-state index in [2.05, 4.69) is 0 Å². The van der Waals surface area contributed by atoms with Crippen LogP contribution in [0, 0.1) is 0 Å². The number of methoxy groups -OCH3 is 1. The number of thiophene rings is 1. The van der Waals surface area contributed by atoms with E-state index >= 15 is 0 Å². The predicted octanol–water partition coefficient (Wildman–Crippen LogP) is 4.11. The van der Waals surface area contributed by atoms with E-state index < -0.39 is 24.3 Å². The van der Waals surface area contributed by atoms with Crippen molar-refractivity contribution in [1.82, 2.24) is 0 Å². The Morgan fingerprint density at radius 3 is 2.43 bits per heavy atom. The van der Waals surface area contributed by atoms with Crippen LogP contribution in [-0.2, 0) is 20.5 Å². The van der Waals surface area contributed by atoms with E-state index in [1.165, 1.54) is 18.4 Å². The first-order valence-electron chi connectivity index (χ1n) is 9.08. The maximum absolute atomic E-state index is 12.2. The fourth-order valence-electron chi connectivity index (χ4n) is 2.78. The highest BCUT2D eigenvalue weighted by Gasteiger charge is 2.52. The summed E-state index contributed by atoms with van der Waals surface area (Å²) >= 11 is 7.46. The van der Waals surface area contributed by atoms with Crippen molar-refractivity contribution >= 4 is 40.8 Å². The van der Waals surface area contributed by atoms with Crippen molar-refractivity contribution < 1.29 is 23.6 Å². The third-order valence-electron chi connectivity index (χ3n) is 5.16. The minimum atomic E-state index is -0.556. The van der Waals surface area contributed by atoms with E-state index in [1.807, 2.05) is 52.0 Å². The molecule has 1 aromatic carbocycles. The molecule has 3 rings (SSSR count). The molecule has 0 radical (unpaired) electrons. The van der Waals surface area contributed by atoms with E-state index in [1.54, 1.807) is 6.07 Å². The quantitative estimate of drug-likeness (QED) is 0.518. The molecule has 1 aromatic heterocycles. The first-order valence-corrected chi connectivity index (χ1v) is 10.3. The van der Waals surface area contributed by atoms with Gasteiger partial charge in [-0.15, -0.1) is 11.3 Å². The summed E-state index contributed by atoms with van der Waals surface area (Å²) in [5.41, 5.74) is 0.0706. The van der Waals surface area contributed by atoms with Crippen LogP contribution in [0.1, 0.15) is 42.9 Å². The first kappa shape index (κ1) is 21.2. The minimum Gasteiger partial charge on any atom is -0.491 e. The molecule has 8 heteroatoms. The van der Waals surface area contributed by atoms with E-state index in [0.717, 1.165) is 10.3 Å². The summed E-state index contributed by atoms with van der Waals surface area (Å²) in [4.78, 5) is 12.6. The van der Waals surface area contributed by atoms with Gasteiger partial charge in [-0.25, -0.2) is 4.79 Å². The van der Waals surface area contributed by atoms with Crippen LogP contribution in [0.2, 0.25) is 5.02 Å². The van der Waals surface area contributed by atoms with E-state index in [0.29, 0.717) is 28.7 Å². The van der Waals surface area contributed by atoms with Crippen LogP contribution in [0.5, 0.6) is 5.75 Å². The Balaban J connectivity index is 1.77. The van der Waals surface area contributed by atoms with Gasteiger partial charge in [0.2, 0.25) is 0 Å². The molecule has 0 N–H and O–H groups in total. The normalized spacial score (nSPS) is 17.6. The fraction of sp³-hybridized carbons (Fsp3) is 0.450. The van der Waals surface area contributed by atoms with Crippen LogP contribution in [0.25, 0.3) is 0 Å². The summed E-state index contributed by atoms with van der Waals surface area (Å²) in [6.07, 6.45) is 0.627. The van der Waals surface area contributed by atoms with Gasteiger partial charge in [0.1, 0.15) is 5.75 Å². The maximum atomic E-state index is 12.2. The largest absolute Gasteiger partial charge is 0.505 e. The second-order valence-electron chi connectivity index (χ2n) is 7.61. The van der Waals surface area contributed by atoms with Gasteiger partial charge in [-0.2, -0.15) is 0 Å². The molecule has 28 heavy (non-hydrogen) atoms. The standard InChI is InChI=1S/C20H24BClO5S/c1-19(2)20(3,4)27-21(26-19)16-12-15(17(28-16)18(23)24-5)25-11-10-13-8-6-7-9-14(13)22/h6-9,12H,10-11H2,1-5H3. The molecule has 0 amide bonds. The fourth-order valence-corrected chi connectivity index (χ4v) is 3.99. The molecular formula is C20H24BClO5S. The van der Waals surface area contributed by atoms with Gasteiger partial charge in [0.15, 0.2) is 4.88 Å². The van der Waals surface area contributed by atoms with Gasteiger partial charge in [0, 0.05) is 16.2 Å². The van der Waals surface area contributed by atoms with Gasteiger partial charge in [-0.05, 0) is 45.4 Å². The molecule has 0 unspecified atom stereocenters. The van der Waals surface area contributed by atoms with Crippen molar-refractivity contribution in [2.75, 3.05) is 13.7 Å². The lowest BCUT2D eigenvalue weighted by atomic mass is 9.88. The Labute approximate surface area is 175 Å². The van der Waals surface area contributed by atoms with Crippen molar-refractivity contribution in [3.63, 3.8) is 0 Å². The number of rotatable bonds is 6. The lowest BCUT2D eigenvalue weighted by Gasteiger charge is -2.32. The summed E-state index contributed by atoms with van der Waals surface area (Å²) in [6.45, 7) is 8.34. The second-order valence-corrected chi connectivity index (χ2v) is 9.10. The number of hydrogen-bond donors (Lipinski definition) is 0. The molecule has 0 saturated carbocycles. The first-order chi connectivity index (χ1) is 13.1. The maximum Gasteiger partial charge on any atom is 0.505 e. The number of halogens is 1. The van der Waals surface area contributed by atoms with Crippen molar-refractivity contribution in [3.05, 3.63) is 45.8 Å². The molecule has 2 aromatic rings. The molecule has 5 nitrogen and oxygen atoms in total. The molecule has 150 valence electrons. The van der Waals surface area contributed by atoms with Crippen molar-refractivity contribution in [1.29, 1.82) is 0 Å². The zero-order chi connectivity index (χ0) is 20.5. The number of carbonyl (C=O) groups is 1. The second kappa shape index (κ2) is 8.07. The lowest BCUT2D eigenvalue weighted by molar-refractivity contribution is 0.00578. The highest BCUT2D eigenvalue weighted by molar-refractivity contribution is 7.24. The van der Waals surface area contributed by atoms with E-state index in [4.69, 9.17) is 30.4 Å². The van der Waals surface area contributed by atoms with Crippen LogP contribution >= 0.6 is 22.9 Å². The summed E-state index contributed by atoms with van der Waals surface area (Å²) in [7, 11) is 0.795. The number of carbonyl (C=O) groups excluding carboxylic acids is 1. The number of hydrogen-bond acceptors (Lipinski definition) is 6. The molecule has 1 fully saturated rings. The summed E-state index contributed by atoms with van der Waals surface area (Å²) in [5, 5.41) is 0.697. The Morgan fingerprint density at radius 1 is 1.18 bits per heavy atom. The van der Waals surface area contributed by atoms with Gasteiger partial charge in [0.25, 0.3) is 0 Å². The summed E-state index contributed by atoms with van der Waals surface area (Å²) < 4.78 is 23.7. The summed E-state index contributed by atoms with van der Waals surface area (Å²) in [6, 6.07) is 9.42. The van der Waals surface area contributed by atoms with Crippen LogP contribution < -0.4 is 9.51 Å². The van der Waals surface area contributed by atoms with Crippen LogP contribution in [0.4, 0.5) is 0 Å². The monoisotopic (exact) mass is 422 g/mol. The molecule has 1 saturated heterocycles. The van der Waals surface area contributed by atoms with Crippen molar-refractivity contribution in [2.24, 2.45) is 0 Å². The SMILES string of the molecule is COC(=O)c1sc(B2OC(C)(C)C(C)(C)O2)cc1OCCc1ccccc1Cl. The van der Waals surface area contributed by atoms with Crippen LogP contribution in [0.15, 0.2) is 30.3 Å². The minimum absolute atomic E-state index is 0.382. The predicted molar refractivity (Wildman–Crippen MR) is 112 cm³/mol. The number of esters is 1. The average molecular weight is 423 g/mol. The molecule has 1 aliphatic rings.